The molecule has 2 amide bonds. The second-order valence-electron chi connectivity index (χ2n) is 5.30. The molecule has 0 aliphatic carbocycles. The van der Waals surface area contributed by atoms with Gasteiger partial charge in [0.2, 0.25) is 0 Å². The lowest BCUT2D eigenvalue weighted by Gasteiger charge is -2.33. The lowest BCUT2D eigenvalue weighted by atomic mass is 9.87. The van der Waals surface area contributed by atoms with E-state index < -0.39 is 5.97 Å². The van der Waals surface area contributed by atoms with Crippen molar-refractivity contribution in [2.45, 2.75) is 39.5 Å². The number of hydrogen-bond acceptors (Lipinski definition) is 2. The molecule has 5 heteroatoms. The number of amides is 2. The highest BCUT2D eigenvalue weighted by atomic mass is 16.4. The number of aliphatic carboxylic acids is 1. The first-order valence-electron chi connectivity index (χ1n) is 6.75. The number of carbonyl (C=O) groups excluding carboxylic acids is 1. The first-order chi connectivity index (χ1) is 8.50. The van der Waals surface area contributed by atoms with E-state index in [0.29, 0.717) is 18.9 Å². The van der Waals surface area contributed by atoms with Crippen LogP contribution in [0.3, 0.4) is 0 Å². The molecule has 1 aliphatic rings. The zero-order valence-electron chi connectivity index (χ0n) is 11.3. The van der Waals surface area contributed by atoms with E-state index in [1.165, 1.54) is 0 Å². The quantitative estimate of drug-likeness (QED) is 0.738. The van der Waals surface area contributed by atoms with E-state index in [0.717, 1.165) is 31.8 Å². The minimum Gasteiger partial charge on any atom is -0.481 e. The number of urea groups is 1. The summed E-state index contributed by atoms with van der Waals surface area (Å²) in [5, 5.41) is 11.3. The number of nitrogens with one attached hydrogen (secondary N) is 1. The van der Waals surface area contributed by atoms with Crippen LogP contribution in [0.15, 0.2) is 0 Å². The summed E-state index contributed by atoms with van der Waals surface area (Å²) in [6.45, 7) is 6.52. The molecule has 2 N–H and O–H groups in total. The molecule has 0 atom stereocenters. The van der Waals surface area contributed by atoms with Crippen molar-refractivity contribution in [3.05, 3.63) is 0 Å². The fourth-order valence-corrected chi connectivity index (χ4v) is 2.32. The molecule has 0 aromatic heterocycles. The normalized spacial score (nSPS) is 16.9. The highest BCUT2D eigenvalue weighted by Gasteiger charge is 2.24. The summed E-state index contributed by atoms with van der Waals surface area (Å²) in [5.74, 6) is 0.592. The van der Waals surface area contributed by atoms with Crippen LogP contribution in [0.2, 0.25) is 0 Å². The topological polar surface area (TPSA) is 69.6 Å². The van der Waals surface area contributed by atoms with Gasteiger partial charge in [0.15, 0.2) is 0 Å². The van der Waals surface area contributed by atoms with Gasteiger partial charge in [0.05, 0.1) is 0 Å². The van der Waals surface area contributed by atoms with Crippen molar-refractivity contribution >= 4 is 12.0 Å². The molecule has 0 radical (unpaired) electrons. The average molecular weight is 256 g/mol. The van der Waals surface area contributed by atoms with Crippen LogP contribution < -0.4 is 5.32 Å². The third kappa shape index (κ3) is 4.94. The van der Waals surface area contributed by atoms with Crippen LogP contribution in [-0.4, -0.2) is 41.6 Å². The zero-order valence-corrected chi connectivity index (χ0v) is 11.3. The maximum absolute atomic E-state index is 11.8. The summed E-state index contributed by atoms with van der Waals surface area (Å²) in [7, 11) is 0. The van der Waals surface area contributed by atoms with E-state index in [4.69, 9.17) is 5.11 Å². The van der Waals surface area contributed by atoms with Crippen molar-refractivity contribution in [2.24, 2.45) is 11.8 Å². The Kier molecular flexibility index (Phi) is 5.95. The molecule has 1 fully saturated rings. The van der Waals surface area contributed by atoms with E-state index in [2.05, 4.69) is 19.2 Å². The van der Waals surface area contributed by atoms with Crippen LogP contribution in [0.4, 0.5) is 4.79 Å². The Hall–Kier alpha value is -1.26. The van der Waals surface area contributed by atoms with Crippen LogP contribution >= 0.6 is 0 Å². The van der Waals surface area contributed by atoms with Crippen molar-refractivity contribution in [3.63, 3.8) is 0 Å². The standard InChI is InChI=1S/C13H24N2O3/c1-10(2)11-5-8-15(9-6-11)13(18)14-7-3-4-12(16)17/h10-11H,3-9H2,1-2H3,(H,14,18)(H,16,17). The number of hydrogen-bond donors (Lipinski definition) is 2. The molecular weight excluding hydrogens is 232 g/mol. The van der Waals surface area contributed by atoms with Gasteiger partial charge in [-0.05, 0) is 31.1 Å². The first kappa shape index (κ1) is 14.8. The van der Waals surface area contributed by atoms with Gasteiger partial charge in [-0.1, -0.05) is 13.8 Å². The summed E-state index contributed by atoms with van der Waals surface area (Å²) in [4.78, 5) is 23.9. The van der Waals surface area contributed by atoms with Gasteiger partial charge in [0.25, 0.3) is 0 Å². The predicted octanol–water partition coefficient (Wildman–Crippen LogP) is 1.93. The van der Waals surface area contributed by atoms with Crippen LogP contribution in [0.5, 0.6) is 0 Å². The molecule has 1 rings (SSSR count). The molecule has 0 aromatic rings. The summed E-state index contributed by atoms with van der Waals surface area (Å²) >= 11 is 0. The summed E-state index contributed by atoms with van der Waals surface area (Å²) in [5.41, 5.74) is 0. The average Bonchev–Trinajstić information content (AvgIpc) is 2.34. The Balaban J connectivity index is 2.18. The van der Waals surface area contributed by atoms with E-state index in [9.17, 15) is 9.59 Å². The molecule has 5 nitrogen and oxygen atoms in total. The molecule has 1 aliphatic heterocycles. The summed E-state index contributed by atoms with van der Waals surface area (Å²) in [6.07, 6.45) is 2.74. The third-order valence-electron chi connectivity index (χ3n) is 3.61. The fourth-order valence-electron chi connectivity index (χ4n) is 2.32. The number of carboxylic acids is 1. The van der Waals surface area contributed by atoms with E-state index in [-0.39, 0.29) is 12.5 Å². The van der Waals surface area contributed by atoms with Crippen LogP contribution in [0, 0.1) is 11.8 Å². The highest BCUT2D eigenvalue weighted by Crippen LogP contribution is 2.24. The Labute approximate surface area is 109 Å². The highest BCUT2D eigenvalue weighted by molar-refractivity contribution is 5.74. The van der Waals surface area contributed by atoms with Crippen LogP contribution in [0.25, 0.3) is 0 Å². The van der Waals surface area contributed by atoms with E-state index in [1.807, 2.05) is 4.90 Å². The molecule has 0 bridgehead atoms. The van der Waals surface area contributed by atoms with Crippen molar-refractivity contribution in [1.29, 1.82) is 0 Å². The van der Waals surface area contributed by atoms with Crippen LogP contribution in [0.1, 0.15) is 39.5 Å². The van der Waals surface area contributed by atoms with Crippen molar-refractivity contribution in [3.8, 4) is 0 Å². The number of rotatable bonds is 5. The second kappa shape index (κ2) is 7.24. The minimum atomic E-state index is -0.818. The van der Waals surface area contributed by atoms with Gasteiger partial charge in [-0.3, -0.25) is 4.79 Å². The molecule has 104 valence electrons. The van der Waals surface area contributed by atoms with E-state index >= 15 is 0 Å². The Morgan fingerprint density at radius 2 is 1.94 bits per heavy atom. The Bertz CT molecular complexity index is 284. The molecule has 0 unspecified atom stereocenters. The number of nitrogens with zero attached hydrogens (tertiary/aromatic N) is 1. The van der Waals surface area contributed by atoms with Crippen molar-refractivity contribution < 1.29 is 14.7 Å². The van der Waals surface area contributed by atoms with Crippen molar-refractivity contribution in [1.82, 2.24) is 10.2 Å². The number of carboxylic acid groups (broad SMARTS) is 1. The molecular formula is C13H24N2O3. The van der Waals surface area contributed by atoms with Gasteiger partial charge in [-0.15, -0.1) is 0 Å². The van der Waals surface area contributed by atoms with Gasteiger partial charge in [0.1, 0.15) is 0 Å². The SMILES string of the molecule is CC(C)C1CCN(C(=O)NCCCC(=O)O)CC1. The Morgan fingerprint density at radius 3 is 2.44 bits per heavy atom. The summed E-state index contributed by atoms with van der Waals surface area (Å²) in [6, 6.07) is -0.0532. The smallest absolute Gasteiger partial charge is 0.317 e. The molecule has 0 saturated carbocycles. The number of piperidine rings is 1. The molecule has 0 spiro atoms. The molecule has 18 heavy (non-hydrogen) atoms. The Morgan fingerprint density at radius 1 is 1.33 bits per heavy atom. The largest absolute Gasteiger partial charge is 0.481 e. The van der Waals surface area contributed by atoms with Gasteiger partial charge >= 0.3 is 12.0 Å². The number of likely N-dealkylation sites (tertiary alicyclic amines) is 1. The lowest BCUT2D eigenvalue weighted by molar-refractivity contribution is -0.137. The van der Waals surface area contributed by atoms with Gasteiger partial charge in [-0.2, -0.15) is 0 Å². The first-order valence-corrected chi connectivity index (χ1v) is 6.75. The lowest BCUT2D eigenvalue weighted by Crippen LogP contribution is -2.45. The summed E-state index contributed by atoms with van der Waals surface area (Å²) < 4.78 is 0. The van der Waals surface area contributed by atoms with Gasteiger partial charge in [0, 0.05) is 26.1 Å². The van der Waals surface area contributed by atoms with Gasteiger partial charge < -0.3 is 15.3 Å². The number of carbonyl (C=O) groups is 2. The maximum Gasteiger partial charge on any atom is 0.317 e. The van der Waals surface area contributed by atoms with Crippen LogP contribution in [-0.2, 0) is 4.79 Å². The molecule has 0 aromatic carbocycles. The molecule has 1 heterocycles. The van der Waals surface area contributed by atoms with E-state index in [1.54, 1.807) is 0 Å². The van der Waals surface area contributed by atoms with Crippen molar-refractivity contribution in [2.75, 3.05) is 19.6 Å². The third-order valence-corrected chi connectivity index (χ3v) is 3.61. The predicted molar refractivity (Wildman–Crippen MR) is 69.4 cm³/mol. The molecule has 1 saturated heterocycles. The fraction of sp³-hybridized carbons (Fsp3) is 0.846. The van der Waals surface area contributed by atoms with Gasteiger partial charge in [-0.25, -0.2) is 4.79 Å². The second-order valence-corrected chi connectivity index (χ2v) is 5.30. The monoisotopic (exact) mass is 256 g/mol. The zero-order chi connectivity index (χ0) is 13.5. The maximum atomic E-state index is 11.8. The minimum absolute atomic E-state index is 0.0532.